The molecule has 0 spiro atoms. The molecule has 4 unspecified atom stereocenters. The Morgan fingerprint density at radius 1 is 1.38 bits per heavy atom. The third-order valence-corrected chi connectivity index (χ3v) is 4.04. The lowest BCUT2D eigenvalue weighted by molar-refractivity contribution is -0.172. The van der Waals surface area contributed by atoms with Gasteiger partial charge >= 0.3 is 11.9 Å². The number of hydrogen-bond acceptors (Lipinski definition) is 4. The Morgan fingerprint density at radius 2 is 2.12 bits per heavy atom. The average Bonchev–Trinajstić information content (AvgIpc) is 2.46. The highest BCUT2D eigenvalue weighted by atomic mass is 16.6. The minimum atomic E-state index is -0.419. The highest BCUT2D eigenvalue weighted by molar-refractivity contribution is 5.81. The van der Waals surface area contributed by atoms with E-state index >= 15 is 0 Å². The molecule has 1 heterocycles. The molecule has 2 aliphatic carbocycles. The molecule has 4 heteroatoms. The third-order valence-electron chi connectivity index (χ3n) is 4.04. The van der Waals surface area contributed by atoms with Crippen molar-refractivity contribution in [2.24, 2.45) is 17.8 Å². The van der Waals surface area contributed by atoms with Crippen molar-refractivity contribution in [3.8, 4) is 0 Å². The van der Waals surface area contributed by atoms with Crippen molar-refractivity contribution in [2.75, 3.05) is 0 Å². The highest BCUT2D eigenvalue weighted by Gasteiger charge is 2.57. The zero-order chi connectivity index (χ0) is 11.3. The molecule has 0 aromatic carbocycles. The van der Waals surface area contributed by atoms with Gasteiger partial charge in [0.1, 0.15) is 12.2 Å². The fraction of sp³-hybridized carbons (Fsp3) is 0.667. The monoisotopic (exact) mass is 222 g/mol. The molecule has 3 aliphatic rings. The standard InChI is InChI=1S/C12H14O4/c1-2-9(13)15-10-6-3-7-5-8(4-6)12(14)16-11(7)10/h2,6-8,10-11H,1,3-5H2/t6?,7?,8-,10?,11?/m1/s1. The summed E-state index contributed by atoms with van der Waals surface area (Å²) >= 11 is 0. The van der Waals surface area contributed by atoms with Crippen LogP contribution in [0.5, 0.6) is 0 Å². The van der Waals surface area contributed by atoms with Crippen LogP contribution in [0.2, 0.25) is 0 Å². The van der Waals surface area contributed by atoms with Crippen molar-refractivity contribution in [1.29, 1.82) is 0 Å². The van der Waals surface area contributed by atoms with Crippen molar-refractivity contribution in [1.82, 2.24) is 0 Å². The molecule has 16 heavy (non-hydrogen) atoms. The largest absolute Gasteiger partial charge is 0.458 e. The molecule has 3 rings (SSSR count). The van der Waals surface area contributed by atoms with E-state index in [4.69, 9.17) is 9.47 Å². The molecule has 2 saturated carbocycles. The molecule has 0 N–H and O–H groups in total. The Labute approximate surface area is 93.6 Å². The van der Waals surface area contributed by atoms with Crippen LogP contribution in [0.15, 0.2) is 12.7 Å². The molecule has 0 radical (unpaired) electrons. The first-order valence-corrected chi connectivity index (χ1v) is 5.72. The lowest BCUT2D eigenvalue weighted by Crippen LogP contribution is -2.39. The number of carbonyl (C=O) groups excluding carboxylic acids is 2. The normalized spacial score (nSPS) is 44.0. The Hall–Kier alpha value is -1.32. The Bertz CT molecular complexity index is 362. The lowest BCUT2D eigenvalue weighted by Gasteiger charge is -2.32. The van der Waals surface area contributed by atoms with Gasteiger partial charge in [-0.15, -0.1) is 0 Å². The van der Waals surface area contributed by atoms with E-state index in [1.807, 2.05) is 0 Å². The van der Waals surface area contributed by atoms with Crippen molar-refractivity contribution in [3.05, 3.63) is 12.7 Å². The first kappa shape index (κ1) is 9.87. The van der Waals surface area contributed by atoms with Gasteiger partial charge < -0.3 is 9.47 Å². The summed E-state index contributed by atoms with van der Waals surface area (Å²) in [5.41, 5.74) is 0. The molecule has 3 bridgehead atoms. The number of carbonyl (C=O) groups is 2. The number of hydrogen-bond donors (Lipinski definition) is 0. The summed E-state index contributed by atoms with van der Waals surface area (Å²) in [7, 11) is 0. The Kier molecular flexibility index (Phi) is 2.06. The summed E-state index contributed by atoms with van der Waals surface area (Å²) < 4.78 is 10.7. The second-order valence-electron chi connectivity index (χ2n) is 4.93. The molecule has 0 amide bonds. The van der Waals surface area contributed by atoms with E-state index in [2.05, 4.69) is 6.58 Å². The topological polar surface area (TPSA) is 52.6 Å². The van der Waals surface area contributed by atoms with Gasteiger partial charge in [0.15, 0.2) is 0 Å². The number of ether oxygens (including phenoxy) is 2. The van der Waals surface area contributed by atoms with Gasteiger partial charge in [-0.2, -0.15) is 0 Å². The Morgan fingerprint density at radius 3 is 2.88 bits per heavy atom. The van der Waals surface area contributed by atoms with E-state index in [9.17, 15) is 9.59 Å². The van der Waals surface area contributed by atoms with Crippen LogP contribution in [-0.4, -0.2) is 24.1 Å². The van der Waals surface area contributed by atoms with E-state index in [-0.39, 0.29) is 24.1 Å². The molecule has 5 atom stereocenters. The molecule has 1 aliphatic heterocycles. The van der Waals surface area contributed by atoms with Gasteiger partial charge in [-0.3, -0.25) is 4.79 Å². The predicted octanol–water partition coefficient (Wildman–Crippen LogP) is 1.06. The van der Waals surface area contributed by atoms with Crippen LogP contribution in [-0.2, 0) is 19.1 Å². The molecule has 4 nitrogen and oxygen atoms in total. The van der Waals surface area contributed by atoms with Crippen molar-refractivity contribution < 1.29 is 19.1 Å². The summed E-state index contributed by atoms with van der Waals surface area (Å²) in [6, 6.07) is 0. The first-order valence-electron chi connectivity index (χ1n) is 5.72. The number of esters is 2. The van der Waals surface area contributed by atoms with Gasteiger partial charge in [-0.1, -0.05) is 6.58 Å². The summed E-state index contributed by atoms with van der Waals surface area (Å²) in [4.78, 5) is 22.8. The molecule has 86 valence electrons. The molecular formula is C12H14O4. The van der Waals surface area contributed by atoms with Gasteiger partial charge in [0, 0.05) is 17.9 Å². The summed E-state index contributed by atoms with van der Waals surface area (Å²) in [5, 5.41) is 0. The summed E-state index contributed by atoms with van der Waals surface area (Å²) in [6.07, 6.45) is 3.44. The van der Waals surface area contributed by atoms with E-state index in [1.54, 1.807) is 0 Å². The van der Waals surface area contributed by atoms with E-state index in [0.717, 1.165) is 25.3 Å². The maximum atomic E-state index is 11.6. The minimum Gasteiger partial charge on any atom is -0.458 e. The van der Waals surface area contributed by atoms with Crippen LogP contribution in [0.4, 0.5) is 0 Å². The zero-order valence-corrected chi connectivity index (χ0v) is 8.93. The molecule has 3 fully saturated rings. The van der Waals surface area contributed by atoms with E-state index in [0.29, 0.717) is 11.8 Å². The number of rotatable bonds is 2. The van der Waals surface area contributed by atoms with Crippen LogP contribution < -0.4 is 0 Å². The molecule has 0 aromatic heterocycles. The van der Waals surface area contributed by atoms with E-state index < -0.39 is 5.97 Å². The van der Waals surface area contributed by atoms with Crippen LogP contribution in [0, 0.1) is 17.8 Å². The van der Waals surface area contributed by atoms with Crippen LogP contribution in [0.3, 0.4) is 0 Å². The van der Waals surface area contributed by atoms with Crippen LogP contribution >= 0.6 is 0 Å². The van der Waals surface area contributed by atoms with Gasteiger partial charge in [0.05, 0.1) is 5.92 Å². The van der Waals surface area contributed by atoms with Crippen molar-refractivity contribution in [3.63, 3.8) is 0 Å². The lowest BCUT2D eigenvalue weighted by atomic mass is 9.79. The zero-order valence-electron chi connectivity index (χ0n) is 8.93. The van der Waals surface area contributed by atoms with Crippen LogP contribution in [0.25, 0.3) is 0 Å². The van der Waals surface area contributed by atoms with Crippen molar-refractivity contribution in [2.45, 2.75) is 31.5 Å². The number of fused-ring (bicyclic) bond motifs is 2. The van der Waals surface area contributed by atoms with Crippen LogP contribution in [0.1, 0.15) is 19.3 Å². The minimum absolute atomic E-state index is 0.0347. The quantitative estimate of drug-likeness (QED) is 0.517. The maximum Gasteiger partial charge on any atom is 0.330 e. The van der Waals surface area contributed by atoms with Gasteiger partial charge in [0.25, 0.3) is 0 Å². The Balaban J connectivity index is 1.83. The SMILES string of the molecule is C=CC(=O)OC1C2CC3C[C@@H](C2)C(=O)OC31. The maximum absolute atomic E-state index is 11.6. The fourth-order valence-electron chi connectivity index (χ4n) is 3.41. The highest BCUT2D eigenvalue weighted by Crippen LogP contribution is 2.51. The third kappa shape index (κ3) is 1.29. The van der Waals surface area contributed by atoms with Gasteiger partial charge in [-0.05, 0) is 19.3 Å². The van der Waals surface area contributed by atoms with Gasteiger partial charge in [0.2, 0.25) is 0 Å². The molecule has 1 saturated heterocycles. The molecular weight excluding hydrogens is 208 g/mol. The fourth-order valence-corrected chi connectivity index (χ4v) is 3.41. The van der Waals surface area contributed by atoms with Crippen molar-refractivity contribution >= 4 is 11.9 Å². The average molecular weight is 222 g/mol. The summed E-state index contributed by atoms with van der Waals surface area (Å²) in [6.45, 7) is 3.38. The molecule has 0 aromatic rings. The van der Waals surface area contributed by atoms with Gasteiger partial charge in [-0.25, -0.2) is 4.79 Å². The summed E-state index contributed by atoms with van der Waals surface area (Å²) in [5.74, 6) is 0.195. The first-order chi connectivity index (χ1) is 7.69. The second-order valence-corrected chi connectivity index (χ2v) is 4.93. The second kappa shape index (κ2) is 3.34. The smallest absolute Gasteiger partial charge is 0.330 e. The van der Waals surface area contributed by atoms with E-state index in [1.165, 1.54) is 0 Å². The predicted molar refractivity (Wildman–Crippen MR) is 54.3 cm³/mol.